The number of rotatable bonds is 9. The molecule has 2 aromatic carbocycles. The number of aliphatic carboxylic acids is 1. The Morgan fingerprint density at radius 1 is 1.07 bits per heavy atom. The van der Waals surface area contributed by atoms with Gasteiger partial charge in [0.2, 0.25) is 0 Å². The zero-order chi connectivity index (χ0) is 28.4. The number of fused-ring (bicyclic) bond motifs is 3. The Balaban J connectivity index is 1.48. The molecule has 2 aromatic heterocycles. The number of carboxylic acid groups (broad SMARTS) is 1. The average molecular weight is 565 g/mol. The molecular weight excluding hydrogens is 536 g/mol. The minimum atomic E-state index is -1.09. The van der Waals surface area contributed by atoms with Crippen LogP contribution in [0.4, 0.5) is 0 Å². The van der Waals surface area contributed by atoms with E-state index in [0.717, 1.165) is 27.4 Å². The third-order valence-electron chi connectivity index (χ3n) is 6.86. The quantitative estimate of drug-likeness (QED) is 0.312. The van der Waals surface area contributed by atoms with E-state index in [4.69, 9.17) is 30.9 Å². The van der Waals surface area contributed by atoms with Crippen molar-refractivity contribution in [1.82, 2.24) is 19.2 Å². The number of likely N-dealkylation sites (N-methyl/N-ethyl adjacent to an activating group) is 1. The first-order chi connectivity index (χ1) is 19.3. The first kappa shape index (κ1) is 27.3. The Kier molecular flexibility index (Phi) is 7.81. The number of carboxylic acids is 1. The number of aromatic nitrogens is 3. The summed E-state index contributed by atoms with van der Waals surface area (Å²) in [5, 5.41) is 14.0. The van der Waals surface area contributed by atoms with E-state index in [1.807, 2.05) is 54.7 Å². The van der Waals surface area contributed by atoms with Crippen molar-refractivity contribution < 1.29 is 28.9 Å². The Morgan fingerprint density at radius 3 is 2.65 bits per heavy atom. The molecule has 0 bridgehead atoms. The van der Waals surface area contributed by atoms with Crippen molar-refractivity contribution in [3.05, 3.63) is 94.5 Å². The van der Waals surface area contributed by atoms with Crippen molar-refractivity contribution >= 4 is 23.5 Å². The average Bonchev–Trinajstić information content (AvgIpc) is 3.60. The van der Waals surface area contributed by atoms with Crippen LogP contribution in [-0.2, 0) is 16.1 Å². The maximum absolute atomic E-state index is 12.6. The van der Waals surface area contributed by atoms with Crippen molar-refractivity contribution in [2.45, 2.75) is 25.2 Å². The Hall–Kier alpha value is -4.28. The van der Waals surface area contributed by atoms with E-state index in [1.54, 1.807) is 31.2 Å². The highest BCUT2D eigenvalue weighted by atomic mass is 35.5. The molecule has 0 saturated heterocycles. The molecule has 208 valence electrons. The van der Waals surface area contributed by atoms with Crippen LogP contribution in [0, 0.1) is 0 Å². The maximum atomic E-state index is 12.6. The van der Waals surface area contributed by atoms with Crippen LogP contribution in [0.1, 0.15) is 45.9 Å². The number of para-hydroxylation sites is 1. The fourth-order valence-electron chi connectivity index (χ4n) is 5.03. The highest BCUT2D eigenvalue weighted by Gasteiger charge is 2.33. The van der Waals surface area contributed by atoms with Crippen molar-refractivity contribution in [3.63, 3.8) is 0 Å². The first-order valence-electron chi connectivity index (χ1n) is 12.6. The number of aryl methyl sites for hydroxylation is 1. The molecule has 3 heterocycles. The molecule has 1 aliphatic heterocycles. The van der Waals surface area contributed by atoms with E-state index in [9.17, 15) is 9.59 Å². The van der Waals surface area contributed by atoms with E-state index in [-0.39, 0.29) is 11.8 Å². The highest BCUT2D eigenvalue weighted by molar-refractivity contribution is 6.30. The molecule has 0 radical (unpaired) electrons. The molecule has 1 N–H and O–H groups in total. The summed E-state index contributed by atoms with van der Waals surface area (Å²) < 4.78 is 22.0. The monoisotopic (exact) mass is 564 g/mol. The SMILES string of the molecule is COc1cccc(C2OC(CCn3ccc(C(=O)N(C)CC(=O)O)n3)c3cccn3-c3ccc(Cl)cc32)c1OC. The molecular formula is C29H29ClN4O6. The predicted octanol–water partition coefficient (Wildman–Crippen LogP) is 4.75. The number of methoxy groups -OCH3 is 2. The Morgan fingerprint density at radius 2 is 1.90 bits per heavy atom. The van der Waals surface area contributed by atoms with Crippen LogP contribution in [-0.4, -0.2) is 64.0 Å². The number of ether oxygens (including phenoxy) is 3. The summed E-state index contributed by atoms with van der Waals surface area (Å²) in [7, 11) is 4.62. The second-order valence-corrected chi connectivity index (χ2v) is 9.84. The standard InChI is InChI=1S/C29H29ClN4O6/c1-32(17-26(35)36)29(37)21-11-14-33(31-21)15-12-24-23-7-5-13-34(23)22-10-9-18(30)16-20(22)27(40-24)19-6-4-8-25(38-2)28(19)39-3/h4-11,13-14,16,24,27H,12,15,17H2,1-3H3,(H,35,36). The van der Waals surface area contributed by atoms with Gasteiger partial charge in [0.05, 0.1) is 25.6 Å². The zero-order valence-corrected chi connectivity index (χ0v) is 23.0. The zero-order valence-electron chi connectivity index (χ0n) is 22.3. The lowest BCUT2D eigenvalue weighted by Crippen LogP contribution is -2.32. The molecule has 40 heavy (non-hydrogen) atoms. The molecule has 4 aromatic rings. The minimum Gasteiger partial charge on any atom is -0.493 e. The molecule has 0 fully saturated rings. The van der Waals surface area contributed by atoms with Crippen molar-refractivity contribution in [2.24, 2.45) is 0 Å². The van der Waals surface area contributed by atoms with Crippen LogP contribution in [0.15, 0.2) is 67.0 Å². The van der Waals surface area contributed by atoms with Gasteiger partial charge in [-0.1, -0.05) is 23.7 Å². The molecule has 2 unspecified atom stereocenters. The van der Waals surface area contributed by atoms with E-state index >= 15 is 0 Å². The van der Waals surface area contributed by atoms with Gasteiger partial charge in [0.15, 0.2) is 11.5 Å². The molecule has 10 nitrogen and oxygen atoms in total. The van der Waals surface area contributed by atoms with Gasteiger partial charge in [-0.15, -0.1) is 0 Å². The van der Waals surface area contributed by atoms with Crippen LogP contribution in [0.3, 0.4) is 0 Å². The van der Waals surface area contributed by atoms with Crippen molar-refractivity contribution in [3.8, 4) is 17.2 Å². The van der Waals surface area contributed by atoms with Gasteiger partial charge in [0, 0.05) is 42.1 Å². The summed E-state index contributed by atoms with van der Waals surface area (Å²) in [6.07, 6.45) is 3.35. The van der Waals surface area contributed by atoms with Gasteiger partial charge in [-0.3, -0.25) is 14.3 Å². The lowest BCUT2D eigenvalue weighted by molar-refractivity contribution is -0.137. The lowest BCUT2D eigenvalue weighted by atomic mass is 9.98. The molecule has 1 aliphatic rings. The number of carbonyl (C=O) groups is 2. The Labute approximate surface area is 236 Å². The third kappa shape index (κ3) is 5.28. The minimum absolute atomic E-state index is 0.176. The van der Waals surface area contributed by atoms with E-state index < -0.39 is 24.5 Å². The molecule has 2 atom stereocenters. The number of halogens is 1. The van der Waals surface area contributed by atoms with Crippen molar-refractivity contribution in [1.29, 1.82) is 0 Å². The maximum Gasteiger partial charge on any atom is 0.323 e. The summed E-state index contributed by atoms with van der Waals surface area (Å²) in [6.45, 7) is 0.0448. The number of carbonyl (C=O) groups excluding carboxylic acids is 1. The Bertz CT molecular complexity index is 1550. The van der Waals surface area contributed by atoms with Gasteiger partial charge in [-0.05, 0) is 48.9 Å². The summed E-state index contributed by atoms with van der Waals surface area (Å²) in [5.41, 5.74) is 3.75. The van der Waals surface area contributed by atoms with Gasteiger partial charge in [0.1, 0.15) is 24.4 Å². The number of amides is 1. The molecule has 11 heteroatoms. The smallest absolute Gasteiger partial charge is 0.323 e. The number of nitrogens with zero attached hydrogens (tertiary/aromatic N) is 4. The summed E-state index contributed by atoms with van der Waals surface area (Å²) in [4.78, 5) is 24.7. The molecule has 1 amide bonds. The van der Waals surface area contributed by atoms with Gasteiger partial charge >= 0.3 is 5.97 Å². The topological polar surface area (TPSA) is 108 Å². The van der Waals surface area contributed by atoms with E-state index in [0.29, 0.717) is 29.5 Å². The summed E-state index contributed by atoms with van der Waals surface area (Å²) in [6, 6.07) is 17.0. The van der Waals surface area contributed by atoms with Crippen molar-refractivity contribution in [2.75, 3.05) is 27.8 Å². The number of benzene rings is 2. The normalized spacial score (nSPS) is 16.0. The van der Waals surface area contributed by atoms with Crippen LogP contribution >= 0.6 is 11.6 Å². The van der Waals surface area contributed by atoms with Crippen LogP contribution < -0.4 is 9.47 Å². The lowest BCUT2D eigenvalue weighted by Gasteiger charge is -2.25. The number of hydrogen-bond acceptors (Lipinski definition) is 6. The predicted molar refractivity (Wildman–Crippen MR) is 147 cm³/mol. The fraction of sp³-hybridized carbons (Fsp3) is 0.276. The van der Waals surface area contributed by atoms with Crippen LogP contribution in [0.2, 0.25) is 5.02 Å². The second kappa shape index (κ2) is 11.4. The number of hydrogen-bond donors (Lipinski definition) is 1. The largest absolute Gasteiger partial charge is 0.493 e. The molecule has 0 saturated carbocycles. The van der Waals surface area contributed by atoms with Crippen LogP contribution in [0.5, 0.6) is 11.5 Å². The van der Waals surface area contributed by atoms with Crippen LogP contribution in [0.25, 0.3) is 5.69 Å². The van der Waals surface area contributed by atoms with Gasteiger partial charge in [-0.2, -0.15) is 5.10 Å². The molecule has 5 rings (SSSR count). The molecule has 0 aliphatic carbocycles. The van der Waals surface area contributed by atoms with E-state index in [1.165, 1.54) is 7.05 Å². The van der Waals surface area contributed by atoms with Gasteiger partial charge < -0.3 is 28.8 Å². The highest BCUT2D eigenvalue weighted by Crippen LogP contribution is 2.46. The summed E-state index contributed by atoms with van der Waals surface area (Å²) in [5.74, 6) is -0.382. The van der Waals surface area contributed by atoms with Gasteiger partial charge in [0.25, 0.3) is 5.91 Å². The third-order valence-corrected chi connectivity index (χ3v) is 7.09. The van der Waals surface area contributed by atoms with E-state index in [2.05, 4.69) is 9.67 Å². The molecule has 0 spiro atoms. The summed E-state index contributed by atoms with van der Waals surface area (Å²) >= 11 is 6.48. The first-order valence-corrected chi connectivity index (χ1v) is 13.0. The van der Waals surface area contributed by atoms with Gasteiger partial charge in [-0.25, -0.2) is 0 Å². The fourth-order valence-corrected chi connectivity index (χ4v) is 5.21. The second-order valence-electron chi connectivity index (χ2n) is 9.40.